The zero-order valence-electron chi connectivity index (χ0n) is 11.3. The van der Waals surface area contributed by atoms with Gasteiger partial charge in [-0.15, -0.1) is 0 Å². The number of nitrogens with zero attached hydrogens (tertiary/aromatic N) is 2. The van der Waals surface area contributed by atoms with Crippen LogP contribution in [0.2, 0.25) is 0 Å². The van der Waals surface area contributed by atoms with E-state index in [2.05, 4.69) is 28.9 Å². The molecular formula is C14H19N3O2. The van der Waals surface area contributed by atoms with Crippen LogP contribution in [-0.2, 0) is 6.42 Å². The molecule has 0 bridgehead atoms. The highest BCUT2D eigenvalue weighted by atomic mass is 16.7. The Labute approximate surface area is 113 Å². The first-order valence-corrected chi connectivity index (χ1v) is 6.51. The molecule has 0 aliphatic carbocycles. The van der Waals surface area contributed by atoms with Gasteiger partial charge in [-0.1, -0.05) is 6.07 Å². The minimum Gasteiger partial charge on any atom is -0.454 e. The summed E-state index contributed by atoms with van der Waals surface area (Å²) in [4.78, 5) is 6.39. The average molecular weight is 261 g/mol. The van der Waals surface area contributed by atoms with Crippen molar-refractivity contribution in [3.05, 3.63) is 23.8 Å². The molecule has 0 fully saturated rings. The van der Waals surface area contributed by atoms with E-state index in [0.29, 0.717) is 12.8 Å². The smallest absolute Gasteiger partial charge is 0.231 e. The summed E-state index contributed by atoms with van der Waals surface area (Å²) < 4.78 is 10.7. The molecule has 0 saturated heterocycles. The molecule has 2 aliphatic rings. The van der Waals surface area contributed by atoms with Gasteiger partial charge in [-0.05, 0) is 37.5 Å². The van der Waals surface area contributed by atoms with Crippen LogP contribution >= 0.6 is 0 Å². The van der Waals surface area contributed by atoms with Crippen LogP contribution in [0, 0.1) is 0 Å². The Bertz CT molecular complexity index is 529. The molecule has 2 N–H and O–H groups in total. The minimum atomic E-state index is 0.0143. The normalized spacial score (nSPS) is 24.7. The second kappa shape index (κ2) is 4.33. The van der Waals surface area contributed by atoms with Crippen molar-refractivity contribution < 1.29 is 9.47 Å². The lowest BCUT2D eigenvalue weighted by Crippen LogP contribution is -2.47. The number of rotatable bonds is 3. The Morgan fingerprint density at radius 3 is 2.89 bits per heavy atom. The number of nitrogens with two attached hydrogens (primary N) is 1. The van der Waals surface area contributed by atoms with E-state index in [-0.39, 0.29) is 5.54 Å². The first-order chi connectivity index (χ1) is 9.08. The lowest BCUT2D eigenvalue weighted by atomic mass is 9.92. The maximum absolute atomic E-state index is 5.84. The summed E-state index contributed by atoms with van der Waals surface area (Å²) in [6.07, 6.45) is 1.98. The number of ether oxygens (including phenoxy) is 2. The molecule has 19 heavy (non-hydrogen) atoms. The Morgan fingerprint density at radius 1 is 1.37 bits per heavy atom. The highest BCUT2D eigenvalue weighted by molar-refractivity contribution is 5.80. The molecular weight excluding hydrogens is 242 g/mol. The van der Waals surface area contributed by atoms with Gasteiger partial charge in [-0.2, -0.15) is 0 Å². The Hall–Kier alpha value is -1.91. The van der Waals surface area contributed by atoms with Crippen LogP contribution < -0.4 is 15.2 Å². The van der Waals surface area contributed by atoms with Gasteiger partial charge in [-0.25, -0.2) is 0 Å². The fraction of sp³-hybridized carbons (Fsp3) is 0.500. The summed E-state index contributed by atoms with van der Waals surface area (Å²) in [5.41, 5.74) is 7.10. The second-order valence-electron chi connectivity index (χ2n) is 5.42. The number of likely N-dealkylation sites (N-methyl/N-ethyl adjacent to an activating group) is 1. The van der Waals surface area contributed by atoms with E-state index < -0.39 is 0 Å². The number of fused-ring (bicyclic) bond motifs is 1. The van der Waals surface area contributed by atoms with Crippen molar-refractivity contribution in [3.8, 4) is 11.5 Å². The van der Waals surface area contributed by atoms with E-state index in [9.17, 15) is 0 Å². The van der Waals surface area contributed by atoms with E-state index in [0.717, 1.165) is 30.9 Å². The van der Waals surface area contributed by atoms with Gasteiger partial charge in [0.1, 0.15) is 0 Å². The molecule has 1 atom stereocenters. The van der Waals surface area contributed by atoms with Crippen LogP contribution in [0.4, 0.5) is 0 Å². The third kappa shape index (κ3) is 2.09. The maximum Gasteiger partial charge on any atom is 0.231 e. The van der Waals surface area contributed by atoms with Gasteiger partial charge in [0.25, 0.3) is 0 Å². The molecule has 1 aromatic rings. The lowest BCUT2D eigenvalue weighted by molar-refractivity contribution is 0.174. The number of aliphatic imine (C=N–C) groups is 1. The summed E-state index contributed by atoms with van der Waals surface area (Å²) in [6.45, 7) is 3.28. The van der Waals surface area contributed by atoms with Crippen LogP contribution in [0.5, 0.6) is 11.5 Å². The SMILES string of the molecule is CN1C(N)=NCC1(C)CCc1ccc2c(c1)OCO2. The first-order valence-electron chi connectivity index (χ1n) is 6.51. The molecule has 0 aromatic heterocycles. The van der Waals surface area contributed by atoms with Crippen molar-refractivity contribution >= 4 is 5.96 Å². The Morgan fingerprint density at radius 2 is 2.16 bits per heavy atom. The molecule has 3 rings (SSSR count). The van der Waals surface area contributed by atoms with Crippen molar-refractivity contribution in [1.29, 1.82) is 0 Å². The van der Waals surface area contributed by atoms with E-state index in [1.807, 2.05) is 13.1 Å². The van der Waals surface area contributed by atoms with Crippen molar-refractivity contribution in [1.82, 2.24) is 4.90 Å². The van der Waals surface area contributed by atoms with E-state index in [4.69, 9.17) is 15.2 Å². The summed E-state index contributed by atoms with van der Waals surface area (Å²) in [6, 6.07) is 6.13. The summed E-state index contributed by atoms with van der Waals surface area (Å²) in [5, 5.41) is 0. The van der Waals surface area contributed by atoms with Gasteiger partial charge >= 0.3 is 0 Å². The van der Waals surface area contributed by atoms with Gasteiger partial charge in [0.15, 0.2) is 17.5 Å². The zero-order chi connectivity index (χ0) is 13.5. The standard InChI is InChI=1S/C14H19N3O2/c1-14(8-16-13(15)17(14)2)6-5-10-3-4-11-12(7-10)19-9-18-11/h3-4,7H,5-6,8-9H2,1-2H3,(H2,15,16). The summed E-state index contributed by atoms with van der Waals surface area (Å²) in [5.74, 6) is 2.31. The number of hydrogen-bond donors (Lipinski definition) is 1. The number of aryl methyl sites for hydroxylation is 1. The monoisotopic (exact) mass is 261 g/mol. The topological polar surface area (TPSA) is 60.1 Å². The van der Waals surface area contributed by atoms with E-state index in [1.54, 1.807) is 0 Å². The molecule has 5 heteroatoms. The quantitative estimate of drug-likeness (QED) is 0.892. The summed E-state index contributed by atoms with van der Waals surface area (Å²) >= 11 is 0. The van der Waals surface area contributed by atoms with Crippen LogP contribution in [-0.4, -0.2) is 36.8 Å². The fourth-order valence-corrected chi connectivity index (χ4v) is 2.50. The highest BCUT2D eigenvalue weighted by Crippen LogP contribution is 2.33. The van der Waals surface area contributed by atoms with Crippen molar-refractivity contribution in [2.45, 2.75) is 25.3 Å². The molecule has 0 amide bonds. The lowest BCUT2D eigenvalue weighted by Gasteiger charge is -2.33. The third-order valence-corrected chi connectivity index (χ3v) is 4.12. The molecule has 1 unspecified atom stereocenters. The second-order valence-corrected chi connectivity index (χ2v) is 5.42. The zero-order valence-corrected chi connectivity index (χ0v) is 11.3. The van der Waals surface area contributed by atoms with Crippen molar-refractivity contribution in [2.75, 3.05) is 20.4 Å². The molecule has 5 nitrogen and oxygen atoms in total. The van der Waals surface area contributed by atoms with Crippen LogP contribution in [0.1, 0.15) is 18.9 Å². The fourth-order valence-electron chi connectivity index (χ4n) is 2.50. The molecule has 2 aliphatic heterocycles. The Balaban J connectivity index is 1.67. The molecule has 102 valence electrons. The van der Waals surface area contributed by atoms with Gasteiger partial charge < -0.3 is 20.1 Å². The number of guanidine groups is 1. The molecule has 0 saturated carbocycles. The first kappa shape index (κ1) is 12.1. The van der Waals surface area contributed by atoms with Gasteiger partial charge in [0.2, 0.25) is 6.79 Å². The van der Waals surface area contributed by atoms with Gasteiger partial charge in [0, 0.05) is 7.05 Å². The van der Waals surface area contributed by atoms with Crippen LogP contribution in [0.25, 0.3) is 0 Å². The van der Waals surface area contributed by atoms with Crippen LogP contribution in [0.3, 0.4) is 0 Å². The van der Waals surface area contributed by atoms with Crippen molar-refractivity contribution in [3.63, 3.8) is 0 Å². The predicted molar refractivity (Wildman–Crippen MR) is 73.5 cm³/mol. The van der Waals surface area contributed by atoms with Gasteiger partial charge in [-0.3, -0.25) is 4.99 Å². The molecule has 1 aromatic carbocycles. The van der Waals surface area contributed by atoms with E-state index >= 15 is 0 Å². The maximum atomic E-state index is 5.84. The predicted octanol–water partition coefficient (Wildman–Crippen LogP) is 1.37. The minimum absolute atomic E-state index is 0.0143. The molecule has 0 spiro atoms. The number of benzene rings is 1. The van der Waals surface area contributed by atoms with Gasteiger partial charge in [0.05, 0.1) is 12.1 Å². The van der Waals surface area contributed by atoms with E-state index in [1.165, 1.54) is 5.56 Å². The van der Waals surface area contributed by atoms with Crippen molar-refractivity contribution in [2.24, 2.45) is 10.7 Å². The number of hydrogen-bond acceptors (Lipinski definition) is 5. The molecule has 2 heterocycles. The highest BCUT2D eigenvalue weighted by Gasteiger charge is 2.34. The molecule has 0 radical (unpaired) electrons. The third-order valence-electron chi connectivity index (χ3n) is 4.12. The summed E-state index contributed by atoms with van der Waals surface area (Å²) in [7, 11) is 2.01. The average Bonchev–Trinajstić information content (AvgIpc) is 2.97. The Kier molecular flexibility index (Phi) is 2.77. The largest absolute Gasteiger partial charge is 0.454 e. The van der Waals surface area contributed by atoms with Crippen LogP contribution in [0.15, 0.2) is 23.2 Å².